The third-order valence-electron chi connectivity index (χ3n) is 4.22. The largest absolute Gasteiger partial charge is 0.461 e. The predicted octanol–water partition coefficient (Wildman–Crippen LogP) is 2.97. The summed E-state index contributed by atoms with van der Waals surface area (Å²) in [5, 5.41) is 3.24. The van der Waals surface area contributed by atoms with Crippen molar-refractivity contribution in [1.29, 1.82) is 0 Å². The second kappa shape index (κ2) is 10.2. The van der Waals surface area contributed by atoms with Gasteiger partial charge in [-0.05, 0) is 50.6 Å². The summed E-state index contributed by atoms with van der Waals surface area (Å²) in [4.78, 5) is 11.7. The molecule has 7 heteroatoms. The Balaban J connectivity index is 0.000000208. The molecular weight excluding hydrogens is 366 g/mol. The highest BCUT2D eigenvalue weighted by molar-refractivity contribution is 7.85. The first-order valence-corrected chi connectivity index (χ1v) is 10.3. The molecule has 0 bridgehead atoms. The molecule has 1 heterocycles. The topological polar surface area (TPSA) is 92.7 Å². The Morgan fingerprint density at radius 2 is 1.67 bits per heavy atom. The van der Waals surface area contributed by atoms with E-state index in [0.717, 1.165) is 37.1 Å². The number of piperidine rings is 1. The Labute approximate surface area is 160 Å². The van der Waals surface area contributed by atoms with Crippen molar-refractivity contribution >= 4 is 16.1 Å². The molecule has 2 aromatic rings. The minimum Gasteiger partial charge on any atom is -0.461 e. The smallest absolute Gasteiger partial charge is 0.309 e. The summed E-state index contributed by atoms with van der Waals surface area (Å²) in [5.41, 5.74) is 2.00. The zero-order valence-electron chi connectivity index (χ0n) is 15.3. The zero-order chi connectivity index (χ0) is 19.7. The van der Waals surface area contributed by atoms with Crippen LogP contribution < -0.4 is 5.32 Å². The van der Waals surface area contributed by atoms with E-state index in [2.05, 4.69) is 5.32 Å². The molecule has 0 unspecified atom stereocenters. The van der Waals surface area contributed by atoms with Crippen molar-refractivity contribution < 1.29 is 22.5 Å². The summed E-state index contributed by atoms with van der Waals surface area (Å²) in [6, 6.07) is 15.8. The van der Waals surface area contributed by atoms with Gasteiger partial charge in [-0.1, -0.05) is 48.0 Å². The van der Waals surface area contributed by atoms with E-state index in [0.29, 0.717) is 6.61 Å². The number of hydrogen-bond donors (Lipinski definition) is 2. The van der Waals surface area contributed by atoms with Crippen LogP contribution in [0, 0.1) is 12.8 Å². The molecule has 0 spiro atoms. The van der Waals surface area contributed by atoms with Crippen molar-refractivity contribution in [2.45, 2.75) is 31.3 Å². The minimum absolute atomic E-state index is 0.0506. The standard InChI is InChI=1S/C13H17NO2.C7H8O3S/c15-13(12-6-8-14-9-7-12)16-10-11-4-2-1-3-5-11;1-6-2-4-7(5-3-6)11(8,9)10/h1-5,12,14H,6-10H2;2-5H,1H3,(H,8,9,10). The van der Waals surface area contributed by atoms with Crippen LogP contribution in [-0.4, -0.2) is 32.0 Å². The number of hydrogen-bond acceptors (Lipinski definition) is 5. The lowest BCUT2D eigenvalue weighted by Crippen LogP contribution is -2.32. The molecule has 1 aliphatic heterocycles. The number of ether oxygens (including phenoxy) is 1. The maximum Gasteiger partial charge on any atom is 0.309 e. The van der Waals surface area contributed by atoms with Crippen LogP contribution in [0.3, 0.4) is 0 Å². The number of carbonyl (C=O) groups is 1. The van der Waals surface area contributed by atoms with Crippen LogP contribution in [0.4, 0.5) is 0 Å². The monoisotopic (exact) mass is 391 g/mol. The van der Waals surface area contributed by atoms with E-state index in [9.17, 15) is 13.2 Å². The number of rotatable bonds is 4. The molecule has 0 amide bonds. The summed E-state index contributed by atoms with van der Waals surface area (Å²) >= 11 is 0. The van der Waals surface area contributed by atoms with Gasteiger partial charge in [-0.2, -0.15) is 8.42 Å². The molecule has 0 aromatic heterocycles. The van der Waals surface area contributed by atoms with Gasteiger partial charge in [0.25, 0.3) is 10.1 Å². The van der Waals surface area contributed by atoms with Crippen LogP contribution in [-0.2, 0) is 26.3 Å². The number of esters is 1. The lowest BCUT2D eigenvalue weighted by molar-refractivity contribution is -0.150. The highest BCUT2D eigenvalue weighted by Crippen LogP contribution is 2.14. The summed E-state index contributed by atoms with van der Waals surface area (Å²) in [7, 11) is -4.02. The van der Waals surface area contributed by atoms with Crippen molar-refractivity contribution in [2.75, 3.05) is 13.1 Å². The lowest BCUT2D eigenvalue weighted by Gasteiger charge is -2.20. The van der Waals surface area contributed by atoms with Gasteiger partial charge in [0.15, 0.2) is 0 Å². The first kappa shape index (κ1) is 21.1. The number of benzene rings is 2. The molecule has 0 atom stereocenters. The van der Waals surface area contributed by atoms with Crippen molar-refractivity contribution in [3.63, 3.8) is 0 Å². The van der Waals surface area contributed by atoms with Crippen molar-refractivity contribution in [3.8, 4) is 0 Å². The molecule has 0 aliphatic carbocycles. The van der Waals surface area contributed by atoms with E-state index >= 15 is 0 Å². The van der Waals surface area contributed by atoms with E-state index in [1.165, 1.54) is 12.1 Å². The minimum atomic E-state index is -4.02. The van der Waals surface area contributed by atoms with Crippen LogP contribution >= 0.6 is 0 Å². The molecule has 0 radical (unpaired) electrons. The normalized spacial score (nSPS) is 14.7. The second-order valence-electron chi connectivity index (χ2n) is 6.41. The Morgan fingerprint density at radius 1 is 1.07 bits per heavy atom. The zero-order valence-corrected chi connectivity index (χ0v) is 16.1. The quantitative estimate of drug-likeness (QED) is 0.615. The van der Waals surface area contributed by atoms with Gasteiger partial charge in [0, 0.05) is 0 Å². The fraction of sp³-hybridized carbons (Fsp3) is 0.350. The number of carbonyl (C=O) groups excluding carboxylic acids is 1. The van der Waals surface area contributed by atoms with Gasteiger partial charge in [-0.25, -0.2) is 0 Å². The second-order valence-corrected chi connectivity index (χ2v) is 7.83. The predicted molar refractivity (Wildman–Crippen MR) is 103 cm³/mol. The molecule has 6 nitrogen and oxygen atoms in total. The molecule has 1 aliphatic rings. The fourth-order valence-electron chi connectivity index (χ4n) is 2.61. The maximum atomic E-state index is 11.7. The van der Waals surface area contributed by atoms with Crippen LogP contribution in [0.5, 0.6) is 0 Å². The molecule has 146 valence electrons. The van der Waals surface area contributed by atoms with E-state index in [1.807, 2.05) is 37.3 Å². The third-order valence-corrected chi connectivity index (χ3v) is 5.08. The van der Waals surface area contributed by atoms with Crippen molar-refractivity contribution in [1.82, 2.24) is 5.32 Å². The third kappa shape index (κ3) is 7.50. The summed E-state index contributed by atoms with van der Waals surface area (Å²) in [6.07, 6.45) is 1.79. The molecule has 2 aromatic carbocycles. The van der Waals surface area contributed by atoms with Gasteiger partial charge in [0.05, 0.1) is 10.8 Å². The molecule has 2 N–H and O–H groups in total. The highest BCUT2D eigenvalue weighted by atomic mass is 32.2. The van der Waals surface area contributed by atoms with Gasteiger partial charge in [-0.15, -0.1) is 0 Å². The summed E-state index contributed by atoms with van der Waals surface area (Å²) in [6.45, 7) is 4.08. The van der Waals surface area contributed by atoms with Crippen molar-refractivity contribution in [2.24, 2.45) is 5.92 Å². The Bertz CT molecular complexity index is 813. The molecule has 1 fully saturated rings. The summed E-state index contributed by atoms with van der Waals surface area (Å²) in [5.74, 6) is 0.0373. The summed E-state index contributed by atoms with van der Waals surface area (Å²) < 4.78 is 34.9. The van der Waals surface area contributed by atoms with Crippen molar-refractivity contribution in [3.05, 3.63) is 65.7 Å². The Kier molecular flexibility index (Phi) is 7.97. The van der Waals surface area contributed by atoms with Gasteiger partial charge in [0.2, 0.25) is 0 Å². The molecular formula is C20H25NO5S. The fourth-order valence-corrected chi connectivity index (χ4v) is 3.09. The van der Waals surface area contributed by atoms with Crippen LogP contribution in [0.2, 0.25) is 0 Å². The highest BCUT2D eigenvalue weighted by Gasteiger charge is 2.22. The van der Waals surface area contributed by atoms with Gasteiger partial charge in [-0.3, -0.25) is 9.35 Å². The Morgan fingerprint density at radius 3 is 2.22 bits per heavy atom. The first-order valence-electron chi connectivity index (χ1n) is 8.81. The van der Waals surface area contributed by atoms with Crippen LogP contribution in [0.1, 0.15) is 24.0 Å². The van der Waals surface area contributed by atoms with Crippen LogP contribution in [0.25, 0.3) is 0 Å². The number of aryl methyl sites for hydroxylation is 1. The average Bonchev–Trinajstić information content (AvgIpc) is 2.68. The van der Waals surface area contributed by atoms with Gasteiger partial charge in [0.1, 0.15) is 6.61 Å². The van der Waals surface area contributed by atoms with Gasteiger partial charge >= 0.3 is 5.97 Å². The maximum absolute atomic E-state index is 11.7. The molecule has 27 heavy (non-hydrogen) atoms. The molecule has 0 saturated carbocycles. The van der Waals surface area contributed by atoms with E-state index in [4.69, 9.17) is 9.29 Å². The lowest BCUT2D eigenvalue weighted by atomic mass is 9.98. The molecule has 1 saturated heterocycles. The van der Waals surface area contributed by atoms with Crippen LogP contribution in [0.15, 0.2) is 59.5 Å². The van der Waals surface area contributed by atoms with E-state index < -0.39 is 10.1 Å². The Hall–Kier alpha value is -2.22. The van der Waals surface area contributed by atoms with E-state index in [-0.39, 0.29) is 16.8 Å². The molecule has 3 rings (SSSR count). The van der Waals surface area contributed by atoms with Gasteiger partial charge < -0.3 is 10.1 Å². The number of nitrogens with one attached hydrogen (secondary N) is 1. The SMILES string of the molecule is Cc1ccc(S(=O)(=O)O)cc1.O=C(OCc1ccccc1)C1CCNCC1. The average molecular weight is 391 g/mol. The van der Waals surface area contributed by atoms with E-state index in [1.54, 1.807) is 12.1 Å². The first-order chi connectivity index (χ1) is 12.9.